The number of carbonyl (C=O) groups is 2. The Morgan fingerprint density at radius 3 is 2.07 bits per heavy atom. The number of rotatable bonds is 4. The second-order valence-electron chi connectivity index (χ2n) is 6.02. The minimum atomic E-state index is -0.377. The first-order valence-corrected chi connectivity index (χ1v) is 8.51. The molecule has 1 aliphatic heterocycles. The molecule has 1 heterocycles. The van der Waals surface area contributed by atoms with E-state index in [1.54, 1.807) is 24.3 Å². The molecule has 4 N–H and O–H groups in total. The van der Waals surface area contributed by atoms with E-state index in [1.165, 1.54) is 0 Å². The van der Waals surface area contributed by atoms with Gasteiger partial charge in [0.05, 0.1) is 12.7 Å². The minimum Gasteiger partial charge on any atom is -0.375 e. The summed E-state index contributed by atoms with van der Waals surface area (Å²) in [6.45, 7) is 3.13. The van der Waals surface area contributed by atoms with Crippen molar-refractivity contribution in [2.24, 2.45) is 0 Å². The van der Waals surface area contributed by atoms with Crippen LogP contribution in [0.4, 0.5) is 21.9 Å². The molecule has 7 nitrogen and oxygen atoms in total. The lowest BCUT2D eigenvalue weighted by atomic mass is 10.1. The van der Waals surface area contributed by atoms with E-state index in [1.807, 2.05) is 37.3 Å². The number of carbonyl (C=O) groups excluding carboxylic acids is 2. The van der Waals surface area contributed by atoms with E-state index in [9.17, 15) is 9.59 Å². The van der Waals surface area contributed by atoms with Crippen molar-refractivity contribution < 1.29 is 14.3 Å². The summed E-state index contributed by atoms with van der Waals surface area (Å²) in [7, 11) is 0. The van der Waals surface area contributed by atoms with E-state index < -0.39 is 0 Å². The van der Waals surface area contributed by atoms with E-state index in [0.29, 0.717) is 30.2 Å². The molecule has 0 aliphatic carbocycles. The van der Waals surface area contributed by atoms with Crippen molar-refractivity contribution in [1.29, 1.82) is 0 Å². The fourth-order valence-electron chi connectivity index (χ4n) is 2.70. The van der Waals surface area contributed by atoms with E-state index >= 15 is 0 Å². The Kier molecular flexibility index (Phi) is 7.60. The van der Waals surface area contributed by atoms with Crippen molar-refractivity contribution in [3.05, 3.63) is 54.6 Å². The highest BCUT2D eigenvalue weighted by Crippen LogP contribution is 2.15. The molecule has 3 rings (SSSR count). The van der Waals surface area contributed by atoms with Crippen molar-refractivity contribution in [2.75, 3.05) is 29.1 Å². The number of amides is 3. The molecular weight excluding hydrogens is 368 g/mol. The number of nitrogens with one attached hydrogen (secondary N) is 4. The van der Waals surface area contributed by atoms with Crippen LogP contribution in [0.3, 0.4) is 0 Å². The van der Waals surface area contributed by atoms with Gasteiger partial charge in [0.1, 0.15) is 6.04 Å². The number of benzene rings is 2. The maximum atomic E-state index is 12.3. The molecule has 144 valence electrons. The van der Waals surface area contributed by atoms with E-state index in [4.69, 9.17) is 4.74 Å². The number of ether oxygens (including phenoxy) is 1. The van der Waals surface area contributed by atoms with Gasteiger partial charge >= 0.3 is 6.03 Å². The Labute approximate surface area is 164 Å². The number of morpholine rings is 1. The van der Waals surface area contributed by atoms with Crippen molar-refractivity contribution in [2.45, 2.75) is 19.1 Å². The molecule has 2 aromatic carbocycles. The molecule has 0 spiro atoms. The molecule has 0 bridgehead atoms. The molecule has 2 aromatic rings. The summed E-state index contributed by atoms with van der Waals surface area (Å²) in [4.78, 5) is 24.3. The lowest BCUT2D eigenvalue weighted by Gasteiger charge is -2.29. The van der Waals surface area contributed by atoms with Gasteiger partial charge < -0.3 is 26.0 Å². The Hall–Kier alpha value is -2.61. The van der Waals surface area contributed by atoms with Gasteiger partial charge in [-0.25, -0.2) is 4.79 Å². The summed E-state index contributed by atoms with van der Waals surface area (Å²) >= 11 is 0. The van der Waals surface area contributed by atoms with Crippen LogP contribution in [-0.4, -0.2) is 37.2 Å². The Morgan fingerprint density at radius 2 is 1.48 bits per heavy atom. The van der Waals surface area contributed by atoms with Crippen LogP contribution in [-0.2, 0) is 9.53 Å². The molecule has 0 unspecified atom stereocenters. The molecule has 3 amide bonds. The van der Waals surface area contributed by atoms with Crippen LogP contribution >= 0.6 is 12.4 Å². The molecule has 8 heteroatoms. The number of halogens is 1. The van der Waals surface area contributed by atoms with Gasteiger partial charge in [-0.15, -0.1) is 12.4 Å². The first-order chi connectivity index (χ1) is 12.6. The third kappa shape index (κ3) is 5.96. The van der Waals surface area contributed by atoms with Gasteiger partial charge in [-0.1, -0.05) is 18.2 Å². The van der Waals surface area contributed by atoms with Crippen LogP contribution < -0.4 is 21.3 Å². The summed E-state index contributed by atoms with van der Waals surface area (Å²) in [5, 5.41) is 11.5. The topological polar surface area (TPSA) is 91.5 Å². The summed E-state index contributed by atoms with van der Waals surface area (Å²) in [5.74, 6) is -0.139. The molecule has 1 fully saturated rings. The number of anilines is 3. The molecule has 27 heavy (non-hydrogen) atoms. The quantitative estimate of drug-likeness (QED) is 0.645. The van der Waals surface area contributed by atoms with Crippen molar-refractivity contribution in [1.82, 2.24) is 5.32 Å². The van der Waals surface area contributed by atoms with Gasteiger partial charge in [-0.2, -0.15) is 0 Å². The van der Waals surface area contributed by atoms with E-state index in [2.05, 4.69) is 21.3 Å². The smallest absolute Gasteiger partial charge is 0.323 e. The first-order valence-electron chi connectivity index (χ1n) is 8.51. The van der Waals surface area contributed by atoms with Crippen LogP contribution in [0.2, 0.25) is 0 Å². The lowest BCUT2D eigenvalue weighted by molar-refractivity contribution is -0.123. The molecule has 2 atom stereocenters. The zero-order valence-corrected chi connectivity index (χ0v) is 15.7. The zero-order chi connectivity index (χ0) is 18.4. The second-order valence-corrected chi connectivity index (χ2v) is 6.02. The summed E-state index contributed by atoms with van der Waals surface area (Å²) < 4.78 is 5.48. The fourth-order valence-corrected chi connectivity index (χ4v) is 2.70. The van der Waals surface area contributed by atoms with Gasteiger partial charge in [0.15, 0.2) is 0 Å². The maximum absolute atomic E-state index is 12.3. The average molecular weight is 391 g/mol. The summed E-state index contributed by atoms with van der Waals surface area (Å²) in [6, 6.07) is 15.4. The summed E-state index contributed by atoms with van der Waals surface area (Å²) in [5.41, 5.74) is 2.00. The Balaban J connectivity index is 0.00000261. The van der Waals surface area contributed by atoms with Gasteiger partial charge in [-0.3, -0.25) is 4.79 Å². The minimum absolute atomic E-state index is 0. The molecule has 1 saturated heterocycles. The van der Waals surface area contributed by atoms with Crippen LogP contribution in [0.15, 0.2) is 54.6 Å². The Bertz CT molecular complexity index is 755. The van der Waals surface area contributed by atoms with Crippen LogP contribution in [0.5, 0.6) is 0 Å². The van der Waals surface area contributed by atoms with Crippen molar-refractivity contribution >= 4 is 41.4 Å². The predicted molar refractivity (Wildman–Crippen MR) is 109 cm³/mol. The van der Waals surface area contributed by atoms with Gasteiger partial charge in [-0.05, 0) is 43.3 Å². The zero-order valence-electron chi connectivity index (χ0n) is 14.9. The normalized spacial score (nSPS) is 18.7. The molecule has 0 aromatic heterocycles. The van der Waals surface area contributed by atoms with Crippen molar-refractivity contribution in [3.63, 3.8) is 0 Å². The SMILES string of the molecule is C[C@H]1OCCN[C@@H]1C(=O)Nc1ccc(NC(=O)Nc2ccccc2)cc1.Cl. The van der Waals surface area contributed by atoms with E-state index in [-0.39, 0.29) is 36.5 Å². The standard InChI is InChI=1S/C19H22N4O3.ClH/c1-13-17(20-11-12-26-13)18(24)21-15-7-9-16(10-8-15)23-19(25)22-14-5-3-2-4-6-14;/h2-10,13,17,20H,11-12H2,1H3,(H,21,24)(H2,22,23,25);1H/t13-,17+;/m1./s1. The predicted octanol–water partition coefficient (Wildman–Crippen LogP) is 3.07. The molecular formula is C19H23ClN4O3. The number of urea groups is 1. The fraction of sp³-hybridized carbons (Fsp3) is 0.263. The monoisotopic (exact) mass is 390 g/mol. The number of hydrogen-bond acceptors (Lipinski definition) is 4. The third-order valence-corrected chi connectivity index (χ3v) is 4.04. The highest BCUT2D eigenvalue weighted by molar-refractivity contribution is 6.00. The molecule has 1 aliphatic rings. The number of hydrogen-bond donors (Lipinski definition) is 4. The van der Waals surface area contributed by atoms with Gasteiger partial charge in [0.2, 0.25) is 5.91 Å². The highest BCUT2D eigenvalue weighted by Gasteiger charge is 2.28. The largest absolute Gasteiger partial charge is 0.375 e. The third-order valence-electron chi connectivity index (χ3n) is 4.04. The summed E-state index contributed by atoms with van der Waals surface area (Å²) in [6.07, 6.45) is -0.175. The lowest BCUT2D eigenvalue weighted by Crippen LogP contribution is -2.53. The van der Waals surface area contributed by atoms with Crippen molar-refractivity contribution in [3.8, 4) is 0 Å². The number of para-hydroxylation sites is 1. The highest BCUT2D eigenvalue weighted by atomic mass is 35.5. The first kappa shape index (κ1) is 20.7. The van der Waals surface area contributed by atoms with Gasteiger partial charge in [0, 0.05) is 23.6 Å². The van der Waals surface area contributed by atoms with Gasteiger partial charge in [0.25, 0.3) is 0 Å². The second kappa shape index (κ2) is 9.91. The van der Waals surface area contributed by atoms with Crippen LogP contribution in [0.1, 0.15) is 6.92 Å². The van der Waals surface area contributed by atoms with E-state index in [0.717, 1.165) is 0 Å². The molecule has 0 radical (unpaired) electrons. The van der Waals surface area contributed by atoms with Crippen LogP contribution in [0.25, 0.3) is 0 Å². The Morgan fingerprint density at radius 1 is 0.926 bits per heavy atom. The van der Waals surface area contributed by atoms with Crippen LogP contribution in [0, 0.1) is 0 Å². The average Bonchev–Trinajstić information content (AvgIpc) is 2.64. The molecule has 0 saturated carbocycles. The maximum Gasteiger partial charge on any atom is 0.323 e.